The number of nitrogens with zero attached hydrogens (tertiary/aromatic N) is 3. The van der Waals surface area contributed by atoms with E-state index in [0.717, 1.165) is 5.56 Å². The Labute approximate surface area is 86.3 Å². The summed E-state index contributed by atoms with van der Waals surface area (Å²) >= 11 is 0. The molecule has 0 unspecified atom stereocenters. The van der Waals surface area contributed by atoms with E-state index in [-0.39, 0.29) is 12.5 Å². The molecule has 0 bridgehead atoms. The van der Waals surface area contributed by atoms with Crippen molar-refractivity contribution in [3.05, 3.63) is 11.8 Å². The van der Waals surface area contributed by atoms with E-state index in [4.69, 9.17) is 5.84 Å². The number of hydrogen-bond acceptors (Lipinski definition) is 5. The average Bonchev–Trinajstić information content (AvgIpc) is 2.17. The Balaban J connectivity index is 2.91. The predicted molar refractivity (Wildman–Crippen MR) is 53.9 cm³/mol. The van der Waals surface area contributed by atoms with Crippen LogP contribution in [0.2, 0.25) is 0 Å². The Morgan fingerprint density at radius 2 is 2.27 bits per heavy atom. The Bertz CT molecular complexity index is 331. The second-order valence-corrected chi connectivity index (χ2v) is 3.12. The van der Waals surface area contributed by atoms with Gasteiger partial charge in [0.25, 0.3) is 6.43 Å². The van der Waals surface area contributed by atoms with Gasteiger partial charge in [-0.25, -0.2) is 19.6 Å². The van der Waals surface area contributed by atoms with Crippen molar-refractivity contribution >= 4 is 11.8 Å². The van der Waals surface area contributed by atoms with Gasteiger partial charge in [-0.3, -0.25) is 5.43 Å². The molecule has 5 nitrogen and oxygen atoms in total. The van der Waals surface area contributed by atoms with Crippen LogP contribution in [0, 0.1) is 6.92 Å². The van der Waals surface area contributed by atoms with E-state index in [1.807, 2.05) is 0 Å². The van der Waals surface area contributed by atoms with Crippen LogP contribution >= 0.6 is 0 Å². The highest BCUT2D eigenvalue weighted by molar-refractivity contribution is 5.47. The van der Waals surface area contributed by atoms with Crippen molar-refractivity contribution in [1.29, 1.82) is 0 Å². The van der Waals surface area contributed by atoms with Crippen molar-refractivity contribution in [2.45, 2.75) is 13.3 Å². The molecule has 0 radical (unpaired) electrons. The van der Waals surface area contributed by atoms with Crippen molar-refractivity contribution in [2.24, 2.45) is 5.84 Å². The van der Waals surface area contributed by atoms with Gasteiger partial charge in [0, 0.05) is 18.8 Å². The molecular weight excluding hydrogens is 204 g/mol. The lowest BCUT2D eigenvalue weighted by atomic mass is 10.3. The monoisotopic (exact) mass is 217 g/mol. The Kier molecular flexibility index (Phi) is 3.73. The van der Waals surface area contributed by atoms with Crippen molar-refractivity contribution in [2.75, 3.05) is 23.9 Å². The summed E-state index contributed by atoms with van der Waals surface area (Å²) in [7, 11) is 1.54. The van der Waals surface area contributed by atoms with Crippen molar-refractivity contribution in [1.82, 2.24) is 9.97 Å². The lowest BCUT2D eigenvalue weighted by Gasteiger charge is -2.19. The molecule has 0 spiro atoms. The topological polar surface area (TPSA) is 67.1 Å². The van der Waals surface area contributed by atoms with Crippen molar-refractivity contribution < 1.29 is 8.78 Å². The highest BCUT2D eigenvalue weighted by atomic mass is 19.3. The molecule has 1 aromatic heterocycles. The molecule has 0 aromatic carbocycles. The number of nitrogen functional groups attached to an aromatic ring is 1. The number of nitrogens with one attached hydrogen (secondary N) is 1. The van der Waals surface area contributed by atoms with Gasteiger partial charge in [0.1, 0.15) is 5.82 Å². The maximum Gasteiger partial charge on any atom is 0.255 e. The Hall–Kier alpha value is -1.50. The summed E-state index contributed by atoms with van der Waals surface area (Å²) in [4.78, 5) is 9.21. The van der Waals surface area contributed by atoms with E-state index in [9.17, 15) is 8.78 Å². The normalized spacial score (nSPS) is 10.5. The molecule has 0 aliphatic rings. The average molecular weight is 217 g/mol. The van der Waals surface area contributed by atoms with Gasteiger partial charge in [-0.2, -0.15) is 4.98 Å². The van der Waals surface area contributed by atoms with E-state index in [2.05, 4.69) is 15.4 Å². The minimum absolute atomic E-state index is 0.205. The second-order valence-electron chi connectivity index (χ2n) is 3.12. The highest BCUT2D eigenvalue weighted by Crippen LogP contribution is 2.16. The van der Waals surface area contributed by atoms with Crippen LogP contribution in [-0.2, 0) is 0 Å². The molecule has 0 amide bonds. The molecule has 3 N–H and O–H groups in total. The summed E-state index contributed by atoms with van der Waals surface area (Å²) in [5.74, 6) is 5.78. The maximum absolute atomic E-state index is 12.2. The molecule has 84 valence electrons. The third-order valence-electron chi connectivity index (χ3n) is 1.85. The largest absolute Gasteiger partial charge is 0.354 e. The molecule has 0 aliphatic carbocycles. The maximum atomic E-state index is 12.2. The zero-order valence-electron chi connectivity index (χ0n) is 8.54. The van der Waals surface area contributed by atoms with Crippen LogP contribution in [0.4, 0.5) is 20.5 Å². The van der Waals surface area contributed by atoms with Crippen LogP contribution < -0.4 is 16.2 Å². The van der Waals surface area contributed by atoms with Gasteiger partial charge < -0.3 is 4.90 Å². The number of halogens is 2. The first-order valence-electron chi connectivity index (χ1n) is 4.34. The zero-order chi connectivity index (χ0) is 11.4. The lowest BCUT2D eigenvalue weighted by Crippen LogP contribution is -2.26. The first-order valence-corrected chi connectivity index (χ1v) is 4.34. The second kappa shape index (κ2) is 4.83. The SMILES string of the molecule is Cc1cnc(NN)nc1N(C)CC(F)F. The van der Waals surface area contributed by atoms with E-state index in [1.54, 1.807) is 14.0 Å². The molecule has 0 aliphatic heterocycles. The van der Waals surface area contributed by atoms with E-state index < -0.39 is 6.43 Å². The zero-order valence-corrected chi connectivity index (χ0v) is 8.54. The predicted octanol–water partition coefficient (Wildman–Crippen LogP) is 0.772. The molecule has 1 rings (SSSR count). The molecule has 15 heavy (non-hydrogen) atoms. The highest BCUT2D eigenvalue weighted by Gasteiger charge is 2.12. The Morgan fingerprint density at radius 1 is 1.60 bits per heavy atom. The molecule has 0 saturated heterocycles. The molecule has 7 heteroatoms. The van der Waals surface area contributed by atoms with Crippen LogP contribution in [-0.4, -0.2) is 30.0 Å². The lowest BCUT2D eigenvalue weighted by molar-refractivity contribution is 0.156. The molecule has 0 fully saturated rings. The van der Waals surface area contributed by atoms with Crippen LogP contribution in [0.5, 0.6) is 0 Å². The fourth-order valence-corrected chi connectivity index (χ4v) is 1.18. The van der Waals surface area contributed by atoms with Gasteiger partial charge in [0.05, 0.1) is 6.54 Å². The number of hydrogen-bond donors (Lipinski definition) is 2. The third-order valence-corrected chi connectivity index (χ3v) is 1.85. The number of nitrogens with two attached hydrogens (primary N) is 1. The van der Waals surface area contributed by atoms with Crippen LogP contribution in [0.15, 0.2) is 6.20 Å². The minimum Gasteiger partial charge on any atom is -0.354 e. The van der Waals surface area contributed by atoms with Crippen molar-refractivity contribution in [3.8, 4) is 0 Å². The standard InChI is InChI=1S/C8H13F2N5/c1-5-3-12-8(14-11)13-7(5)15(2)4-6(9)10/h3,6H,4,11H2,1-2H3,(H,12,13,14). The number of hydrazine groups is 1. The van der Waals surface area contributed by atoms with E-state index >= 15 is 0 Å². The summed E-state index contributed by atoms with van der Waals surface area (Å²) in [6.07, 6.45) is -0.877. The number of rotatable bonds is 4. The molecule has 0 saturated carbocycles. The van der Waals surface area contributed by atoms with Gasteiger partial charge in [0.2, 0.25) is 5.95 Å². The Morgan fingerprint density at radius 3 is 2.80 bits per heavy atom. The van der Waals surface area contributed by atoms with E-state index in [1.165, 1.54) is 11.1 Å². The molecule has 1 aromatic rings. The fourth-order valence-electron chi connectivity index (χ4n) is 1.18. The summed E-state index contributed by atoms with van der Waals surface area (Å²) in [6, 6.07) is 0. The van der Waals surface area contributed by atoms with Crippen LogP contribution in [0.3, 0.4) is 0 Å². The number of alkyl halides is 2. The van der Waals surface area contributed by atoms with Gasteiger partial charge in [-0.05, 0) is 6.92 Å². The van der Waals surface area contributed by atoms with Gasteiger partial charge >= 0.3 is 0 Å². The first-order chi connectivity index (χ1) is 7.04. The summed E-state index contributed by atoms with van der Waals surface area (Å²) in [5.41, 5.74) is 2.99. The fraction of sp³-hybridized carbons (Fsp3) is 0.500. The number of aromatic nitrogens is 2. The molecule has 0 atom stereocenters. The quantitative estimate of drug-likeness (QED) is 0.576. The van der Waals surface area contributed by atoms with Gasteiger partial charge in [0.15, 0.2) is 0 Å². The number of aryl methyl sites for hydroxylation is 1. The molecule has 1 heterocycles. The first kappa shape index (κ1) is 11.6. The van der Waals surface area contributed by atoms with Crippen molar-refractivity contribution in [3.63, 3.8) is 0 Å². The van der Waals surface area contributed by atoms with Gasteiger partial charge in [-0.1, -0.05) is 0 Å². The summed E-state index contributed by atoms with van der Waals surface area (Å²) in [6.45, 7) is 1.37. The van der Waals surface area contributed by atoms with Crippen LogP contribution in [0.1, 0.15) is 5.56 Å². The molecular formula is C8H13F2N5. The van der Waals surface area contributed by atoms with Gasteiger partial charge in [-0.15, -0.1) is 0 Å². The minimum atomic E-state index is -2.40. The third kappa shape index (κ3) is 2.98. The van der Waals surface area contributed by atoms with Crippen LogP contribution in [0.25, 0.3) is 0 Å². The van der Waals surface area contributed by atoms with E-state index in [0.29, 0.717) is 5.82 Å². The smallest absolute Gasteiger partial charge is 0.255 e. The summed E-state index contributed by atoms with van der Waals surface area (Å²) in [5, 5.41) is 0. The summed E-state index contributed by atoms with van der Waals surface area (Å²) < 4.78 is 24.3. The number of anilines is 2.